The average molecular weight is 344 g/mol. The fraction of sp³-hybridized carbons (Fsp3) is 0.833. The Hall–Kier alpha value is -0.110. The van der Waals surface area contributed by atoms with Crippen molar-refractivity contribution < 1.29 is 9.59 Å². The predicted octanol–water partition coefficient (Wildman–Crippen LogP) is 0.634. The zero-order chi connectivity index (χ0) is 14.9. The minimum Gasteiger partial charge on any atom is -0.354 e. The van der Waals surface area contributed by atoms with Crippen molar-refractivity contribution in [2.75, 3.05) is 24.6 Å². The SMILES string of the molecule is CC(C)(CS)C(=O)N[C@@H](CS)C(=O)NCCCCN.Cl. The molecule has 120 valence electrons. The van der Waals surface area contributed by atoms with Crippen molar-refractivity contribution in [1.29, 1.82) is 0 Å². The lowest BCUT2D eigenvalue weighted by Crippen LogP contribution is -2.52. The summed E-state index contributed by atoms with van der Waals surface area (Å²) in [6.45, 7) is 4.74. The first-order valence-corrected chi connectivity index (χ1v) is 7.66. The molecule has 2 amide bonds. The Morgan fingerprint density at radius 3 is 2.30 bits per heavy atom. The van der Waals surface area contributed by atoms with Crippen LogP contribution in [0.3, 0.4) is 0 Å². The van der Waals surface area contributed by atoms with Crippen LogP contribution in [0.1, 0.15) is 26.7 Å². The minimum atomic E-state index is -0.618. The topological polar surface area (TPSA) is 84.2 Å². The maximum Gasteiger partial charge on any atom is 0.243 e. The Morgan fingerprint density at radius 1 is 1.25 bits per heavy atom. The summed E-state index contributed by atoms with van der Waals surface area (Å²) in [7, 11) is 0. The Bertz CT molecular complexity index is 304. The van der Waals surface area contributed by atoms with Crippen LogP contribution < -0.4 is 16.4 Å². The van der Waals surface area contributed by atoms with E-state index in [-0.39, 0.29) is 30.0 Å². The lowest BCUT2D eigenvalue weighted by atomic mass is 9.95. The van der Waals surface area contributed by atoms with E-state index >= 15 is 0 Å². The van der Waals surface area contributed by atoms with Gasteiger partial charge in [0.1, 0.15) is 6.04 Å². The second-order valence-corrected chi connectivity index (χ2v) is 5.72. The quantitative estimate of drug-likeness (QED) is 0.314. The first-order chi connectivity index (χ1) is 8.88. The zero-order valence-electron chi connectivity index (χ0n) is 12.0. The molecule has 8 heteroatoms. The molecule has 0 spiro atoms. The van der Waals surface area contributed by atoms with Gasteiger partial charge in [0.2, 0.25) is 11.8 Å². The fourth-order valence-electron chi connectivity index (χ4n) is 1.22. The zero-order valence-corrected chi connectivity index (χ0v) is 14.6. The summed E-state index contributed by atoms with van der Waals surface area (Å²) in [4.78, 5) is 23.8. The highest BCUT2D eigenvalue weighted by atomic mass is 35.5. The summed E-state index contributed by atoms with van der Waals surface area (Å²) >= 11 is 8.23. The molecule has 0 unspecified atom stereocenters. The molecule has 0 rings (SSSR count). The number of hydrogen-bond acceptors (Lipinski definition) is 5. The van der Waals surface area contributed by atoms with Gasteiger partial charge in [-0.3, -0.25) is 9.59 Å². The first-order valence-electron chi connectivity index (χ1n) is 6.39. The largest absolute Gasteiger partial charge is 0.354 e. The third kappa shape index (κ3) is 8.24. The maximum atomic E-state index is 12.0. The van der Waals surface area contributed by atoms with E-state index in [1.54, 1.807) is 13.8 Å². The monoisotopic (exact) mass is 343 g/mol. The summed E-state index contributed by atoms with van der Waals surface area (Å²) in [5.41, 5.74) is 4.76. The van der Waals surface area contributed by atoms with E-state index in [4.69, 9.17) is 5.73 Å². The van der Waals surface area contributed by atoms with Crippen molar-refractivity contribution in [1.82, 2.24) is 10.6 Å². The number of nitrogens with one attached hydrogen (secondary N) is 2. The van der Waals surface area contributed by atoms with Gasteiger partial charge in [-0.25, -0.2) is 0 Å². The summed E-state index contributed by atoms with van der Waals surface area (Å²) in [5, 5.41) is 5.46. The molecule has 0 aliphatic carbocycles. The van der Waals surface area contributed by atoms with Gasteiger partial charge in [0.05, 0.1) is 5.41 Å². The molecule has 0 fully saturated rings. The standard InChI is InChI=1S/C12H25N3O2S2.ClH/c1-12(2,8-19)11(17)15-9(7-18)10(16)14-6-4-3-5-13;/h9,18-19H,3-8,13H2,1-2H3,(H,14,16)(H,15,17);1H/t9-;/m0./s1. The smallest absolute Gasteiger partial charge is 0.243 e. The van der Waals surface area contributed by atoms with Crippen LogP contribution >= 0.6 is 37.7 Å². The van der Waals surface area contributed by atoms with Crippen LogP contribution in [0.25, 0.3) is 0 Å². The molecule has 0 aromatic carbocycles. The second-order valence-electron chi connectivity index (χ2n) is 5.04. The molecule has 4 N–H and O–H groups in total. The summed E-state index contributed by atoms with van der Waals surface area (Å²) in [6, 6.07) is -0.618. The highest BCUT2D eigenvalue weighted by Crippen LogP contribution is 2.16. The van der Waals surface area contributed by atoms with E-state index in [0.29, 0.717) is 18.8 Å². The van der Waals surface area contributed by atoms with Crippen molar-refractivity contribution in [2.24, 2.45) is 11.1 Å². The molecule has 1 atom stereocenters. The number of hydrogen-bond donors (Lipinski definition) is 5. The molecule has 0 bridgehead atoms. The van der Waals surface area contributed by atoms with Crippen molar-refractivity contribution in [3.63, 3.8) is 0 Å². The lowest BCUT2D eigenvalue weighted by Gasteiger charge is -2.24. The minimum absolute atomic E-state index is 0. The Morgan fingerprint density at radius 2 is 1.85 bits per heavy atom. The number of amides is 2. The number of rotatable bonds is 9. The van der Waals surface area contributed by atoms with Crippen molar-refractivity contribution in [3.05, 3.63) is 0 Å². The van der Waals surface area contributed by atoms with E-state index < -0.39 is 11.5 Å². The van der Waals surface area contributed by atoms with E-state index in [1.165, 1.54) is 0 Å². The van der Waals surface area contributed by atoms with Crippen LogP contribution in [0.5, 0.6) is 0 Å². The van der Waals surface area contributed by atoms with Crippen LogP contribution in [-0.2, 0) is 9.59 Å². The van der Waals surface area contributed by atoms with Gasteiger partial charge in [0.25, 0.3) is 0 Å². The van der Waals surface area contributed by atoms with E-state index in [9.17, 15) is 9.59 Å². The molecule has 0 aliphatic heterocycles. The fourth-order valence-corrected chi connectivity index (χ4v) is 1.62. The molecule has 0 aliphatic rings. The number of unbranched alkanes of at least 4 members (excludes halogenated alkanes) is 1. The van der Waals surface area contributed by atoms with Gasteiger partial charge in [0.15, 0.2) is 0 Å². The van der Waals surface area contributed by atoms with Crippen molar-refractivity contribution in [2.45, 2.75) is 32.7 Å². The maximum absolute atomic E-state index is 12.0. The van der Waals surface area contributed by atoms with Gasteiger partial charge in [-0.1, -0.05) is 13.8 Å². The molecule has 0 saturated heterocycles. The van der Waals surface area contributed by atoms with Crippen LogP contribution in [0.2, 0.25) is 0 Å². The van der Waals surface area contributed by atoms with E-state index in [0.717, 1.165) is 12.8 Å². The summed E-state index contributed by atoms with van der Waals surface area (Å²) in [6.07, 6.45) is 1.70. The Labute approximate surface area is 138 Å². The molecular formula is C12H26ClN3O2S2. The van der Waals surface area contributed by atoms with Crippen LogP contribution in [0.15, 0.2) is 0 Å². The van der Waals surface area contributed by atoms with Crippen LogP contribution in [0, 0.1) is 5.41 Å². The number of halogens is 1. The summed E-state index contributed by atoms with van der Waals surface area (Å²) in [5.74, 6) is 0.266. The van der Waals surface area contributed by atoms with Crippen LogP contribution in [-0.4, -0.2) is 42.5 Å². The van der Waals surface area contributed by atoms with Gasteiger partial charge in [-0.05, 0) is 19.4 Å². The third-order valence-electron chi connectivity index (χ3n) is 2.74. The number of carbonyl (C=O) groups is 2. The molecule has 5 nitrogen and oxygen atoms in total. The highest BCUT2D eigenvalue weighted by Gasteiger charge is 2.29. The molecule has 0 saturated carbocycles. The molecule has 0 aromatic rings. The number of carbonyl (C=O) groups excluding carboxylic acids is 2. The van der Waals surface area contributed by atoms with Crippen molar-refractivity contribution in [3.8, 4) is 0 Å². The number of thiol groups is 2. The molecule has 0 aromatic heterocycles. The molecule has 0 heterocycles. The van der Waals surface area contributed by atoms with Crippen LogP contribution in [0.4, 0.5) is 0 Å². The van der Waals surface area contributed by atoms with Gasteiger partial charge < -0.3 is 16.4 Å². The lowest BCUT2D eigenvalue weighted by molar-refractivity contribution is -0.132. The summed E-state index contributed by atoms with van der Waals surface area (Å²) < 4.78 is 0. The Kier molecular flexibility index (Phi) is 12.8. The van der Waals surface area contributed by atoms with Gasteiger partial charge in [0, 0.05) is 18.1 Å². The van der Waals surface area contributed by atoms with E-state index in [2.05, 4.69) is 35.9 Å². The molecular weight excluding hydrogens is 318 g/mol. The molecule has 20 heavy (non-hydrogen) atoms. The van der Waals surface area contributed by atoms with Gasteiger partial charge in [-0.2, -0.15) is 25.3 Å². The molecule has 0 radical (unpaired) electrons. The normalized spacial score (nSPS) is 12.2. The van der Waals surface area contributed by atoms with Crippen molar-refractivity contribution >= 4 is 49.5 Å². The van der Waals surface area contributed by atoms with Gasteiger partial charge >= 0.3 is 0 Å². The number of nitrogens with two attached hydrogens (primary N) is 1. The first kappa shape index (κ1) is 22.2. The van der Waals surface area contributed by atoms with E-state index in [1.807, 2.05) is 0 Å². The van der Waals surface area contributed by atoms with Gasteiger partial charge in [-0.15, -0.1) is 12.4 Å². The average Bonchev–Trinajstić information content (AvgIpc) is 2.40. The highest BCUT2D eigenvalue weighted by molar-refractivity contribution is 7.80. The second kappa shape index (κ2) is 11.5. The predicted molar refractivity (Wildman–Crippen MR) is 92.0 cm³/mol. The Balaban J connectivity index is 0. The third-order valence-corrected chi connectivity index (χ3v) is 3.90.